The fraction of sp³-hybridized carbons (Fsp3) is 0.538. The van der Waals surface area contributed by atoms with Crippen molar-refractivity contribution in [1.29, 1.82) is 0 Å². The first-order valence-electron chi connectivity index (χ1n) is 5.69. The van der Waals surface area contributed by atoms with Gasteiger partial charge in [-0.1, -0.05) is 19.9 Å². The van der Waals surface area contributed by atoms with Crippen LogP contribution < -0.4 is 10.6 Å². The van der Waals surface area contributed by atoms with Crippen LogP contribution >= 0.6 is 0 Å². The predicted molar refractivity (Wildman–Crippen MR) is 67.1 cm³/mol. The molecule has 16 heavy (non-hydrogen) atoms. The van der Waals surface area contributed by atoms with Gasteiger partial charge in [0.25, 0.3) is 0 Å². The van der Waals surface area contributed by atoms with Crippen LogP contribution in [0.1, 0.15) is 20.8 Å². The summed E-state index contributed by atoms with van der Waals surface area (Å²) in [6.45, 7) is 8.62. The molecule has 0 saturated carbocycles. The molecule has 0 fully saturated rings. The highest BCUT2D eigenvalue weighted by atomic mass is 19.1. The Balaban J connectivity index is 2.82. The van der Waals surface area contributed by atoms with E-state index in [9.17, 15) is 4.39 Å². The summed E-state index contributed by atoms with van der Waals surface area (Å²) in [5.74, 6) is -0.193. The van der Waals surface area contributed by atoms with E-state index in [1.807, 2.05) is 6.07 Å². The molecular weight excluding hydrogens is 203 g/mol. The number of nitrogens with two attached hydrogens (primary N) is 1. The first kappa shape index (κ1) is 13.0. The van der Waals surface area contributed by atoms with Gasteiger partial charge in [-0.25, -0.2) is 4.39 Å². The summed E-state index contributed by atoms with van der Waals surface area (Å²) in [6, 6.07) is 6.70. The van der Waals surface area contributed by atoms with Crippen LogP contribution in [0.25, 0.3) is 0 Å². The number of benzene rings is 1. The molecule has 1 rings (SSSR count). The summed E-state index contributed by atoms with van der Waals surface area (Å²) in [5, 5.41) is 0. The van der Waals surface area contributed by atoms with E-state index < -0.39 is 0 Å². The monoisotopic (exact) mass is 224 g/mol. The standard InChI is InChI=1S/C13H21FN2/c1-4-16(10-13(2,3)9-15)12-7-5-6-11(14)8-12/h5-8H,4,9-10,15H2,1-3H3. The van der Waals surface area contributed by atoms with Crippen molar-refractivity contribution in [2.75, 3.05) is 24.5 Å². The Morgan fingerprint density at radius 3 is 2.56 bits per heavy atom. The molecule has 3 heteroatoms. The largest absolute Gasteiger partial charge is 0.371 e. The normalized spacial score (nSPS) is 11.6. The quantitative estimate of drug-likeness (QED) is 0.833. The van der Waals surface area contributed by atoms with E-state index in [4.69, 9.17) is 5.73 Å². The molecule has 0 aromatic heterocycles. The summed E-state index contributed by atoms with van der Waals surface area (Å²) in [4.78, 5) is 2.15. The van der Waals surface area contributed by atoms with E-state index in [-0.39, 0.29) is 11.2 Å². The van der Waals surface area contributed by atoms with E-state index in [1.165, 1.54) is 6.07 Å². The highest BCUT2D eigenvalue weighted by molar-refractivity contribution is 5.46. The molecule has 0 aliphatic rings. The molecule has 0 unspecified atom stereocenters. The van der Waals surface area contributed by atoms with Crippen LogP contribution in [0.3, 0.4) is 0 Å². The number of hydrogen-bond acceptors (Lipinski definition) is 2. The van der Waals surface area contributed by atoms with Crippen LogP contribution in [0.2, 0.25) is 0 Å². The first-order chi connectivity index (χ1) is 7.48. The molecule has 0 radical (unpaired) electrons. The van der Waals surface area contributed by atoms with Gasteiger partial charge in [0.05, 0.1) is 0 Å². The summed E-state index contributed by atoms with van der Waals surface area (Å²) in [5.41, 5.74) is 6.68. The van der Waals surface area contributed by atoms with E-state index in [1.54, 1.807) is 12.1 Å². The maximum Gasteiger partial charge on any atom is 0.125 e. The second-order valence-corrected chi connectivity index (χ2v) is 4.86. The third kappa shape index (κ3) is 3.49. The average Bonchev–Trinajstić information content (AvgIpc) is 2.26. The second-order valence-electron chi connectivity index (χ2n) is 4.86. The molecule has 2 nitrogen and oxygen atoms in total. The van der Waals surface area contributed by atoms with Gasteiger partial charge < -0.3 is 10.6 Å². The molecule has 1 aromatic rings. The van der Waals surface area contributed by atoms with Gasteiger partial charge in [0, 0.05) is 18.8 Å². The third-order valence-electron chi connectivity index (χ3n) is 2.73. The number of anilines is 1. The van der Waals surface area contributed by atoms with Gasteiger partial charge in [-0.05, 0) is 37.1 Å². The molecule has 0 aliphatic carbocycles. The number of hydrogen-bond donors (Lipinski definition) is 1. The Bertz CT molecular complexity index is 336. The third-order valence-corrected chi connectivity index (χ3v) is 2.73. The van der Waals surface area contributed by atoms with Crippen molar-refractivity contribution in [2.24, 2.45) is 11.1 Å². The molecule has 0 aliphatic heterocycles. The molecule has 0 spiro atoms. The predicted octanol–water partition coefficient (Wildman–Crippen LogP) is 2.64. The molecule has 0 saturated heterocycles. The van der Waals surface area contributed by atoms with Crippen molar-refractivity contribution >= 4 is 5.69 Å². The SMILES string of the molecule is CCN(CC(C)(C)CN)c1cccc(F)c1. The Morgan fingerprint density at radius 1 is 1.38 bits per heavy atom. The van der Waals surface area contributed by atoms with Crippen LogP contribution in [0.5, 0.6) is 0 Å². The van der Waals surface area contributed by atoms with Crippen molar-refractivity contribution < 1.29 is 4.39 Å². The minimum Gasteiger partial charge on any atom is -0.371 e. The summed E-state index contributed by atoms with van der Waals surface area (Å²) < 4.78 is 13.1. The van der Waals surface area contributed by atoms with E-state index in [2.05, 4.69) is 25.7 Å². The minimum atomic E-state index is -0.193. The van der Waals surface area contributed by atoms with Crippen molar-refractivity contribution in [3.05, 3.63) is 30.1 Å². The van der Waals surface area contributed by atoms with E-state index >= 15 is 0 Å². The van der Waals surface area contributed by atoms with Crippen LogP contribution in [-0.2, 0) is 0 Å². The smallest absolute Gasteiger partial charge is 0.125 e. The Kier molecular flexibility index (Phi) is 4.30. The minimum absolute atomic E-state index is 0.0440. The lowest BCUT2D eigenvalue weighted by Gasteiger charge is -2.32. The highest BCUT2D eigenvalue weighted by Crippen LogP contribution is 2.21. The molecule has 0 bridgehead atoms. The lowest BCUT2D eigenvalue weighted by molar-refractivity contribution is 0.379. The van der Waals surface area contributed by atoms with Gasteiger partial charge in [0.1, 0.15) is 5.82 Å². The van der Waals surface area contributed by atoms with Gasteiger partial charge in [-0.2, -0.15) is 0 Å². The van der Waals surface area contributed by atoms with Gasteiger partial charge in [0.15, 0.2) is 0 Å². The summed E-state index contributed by atoms with van der Waals surface area (Å²) in [7, 11) is 0. The fourth-order valence-corrected chi connectivity index (χ4v) is 1.64. The second kappa shape index (κ2) is 5.30. The maximum absolute atomic E-state index is 13.1. The van der Waals surface area contributed by atoms with Gasteiger partial charge in [0.2, 0.25) is 0 Å². The van der Waals surface area contributed by atoms with Crippen LogP contribution in [0.4, 0.5) is 10.1 Å². The zero-order valence-electron chi connectivity index (χ0n) is 10.3. The molecular formula is C13H21FN2. The zero-order valence-corrected chi connectivity index (χ0v) is 10.3. The zero-order chi connectivity index (χ0) is 12.2. The fourth-order valence-electron chi connectivity index (χ4n) is 1.64. The first-order valence-corrected chi connectivity index (χ1v) is 5.69. The van der Waals surface area contributed by atoms with Crippen molar-refractivity contribution in [2.45, 2.75) is 20.8 Å². The van der Waals surface area contributed by atoms with Gasteiger partial charge in [-0.3, -0.25) is 0 Å². The Labute approximate surface area is 97.3 Å². The molecule has 90 valence electrons. The lowest BCUT2D eigenvalue weighted by atomic mass is 9.93. The average molecular weight is 224 g/mol. The van der Waals surface area contributed by atoms with Gasteiger partial charge >= 0.3 is 0 Å². The number of nitrogens with zero attached hydrogens (tertiary/aromatic N) is 1. The van der Waals surface area contributed by atoms with E-state index in [0.717, 1.165) is 18.8 Å². The Morgan fingerprint density at radius 2 is 2.06 bits per heavy atom. The summed E-state index contributed by atoms with van der Waals surface area (Å²) >= 11 is 0. The molecule has 1 aromatic carbocycles. The molecule has 0 atom stereocenters. The molecule has 0 heterocycles. The van der Waals surface area contributed by atoms with Crippen molar-refractivity contribution in [1.82, 2.24) is 0 Å². The van der Waals surface area contributed by atoms with Crippen LogP contribution in [0.15, 0.2) is 24.3 Å². The maximum atomic E-state index is 13.1. The molecule has 0 amide bonds. The lowest BCUT2D eigenvalue weighted by Crippen LogP contribution is -2.38. The van der Waals surface area contributed by atoms with Gasteiger partial charge in [-0.15, -0.1) is 0 Å². The number of halogens is 1. The number of rotatable bonds is 5. The van der Waals surface area contributed by atoms with E-state index in [0.29, 0.717) is 6.54 Å². The van der Waals surface area contributed by atoms with Crippen molar-refractivity contribution in [3.8, 4) is 0 Å². The van der Waals surface area contributed by atoms with Crippen LogP contribution in [0, 0.1) is 11.2 Å². The highest BCUT2D eigenvalue weighted by Gasteiger charge is 2.19. The summed E-state index contributed by atoms with van der Waals surface area (Å²) in [6.07, 6.45) is 0. The molecule has 2 N–H and O–H groups in total. The van der Waals surface area contributed by atoms with Crippen LogP contribution in [-0.4, -0.2) is 19.6 Å². The topological polar surface area (TPSA) is 29.3 Å². The van der Waals surface area contributed by atoms with Crippen molar-refractivity contribution in [3.63, 3.8) is 0 Å². The Hall–Kier alpha value is -1.09.